The summed E-state index contributed by atoms with van der Waals surface area (Å²) in [5, 5.41) is 7.74. The average Bonchev–Trinajstić information content (AvgIpc) is 3.25. The molecule has 0 aliphatic carbocycles. The van der Waals surface area contributed by atoms with E-state index in [0.29, 0.717) is 31.0 Å². The number of hydrogen-bond donors (Lipinski definition) is 2. The molecule has 2 fully saturated rings. The standard InChI is InChI=1S/C23H32N4O2.ClH/c1-3-26(4-2)23(29)15-27-10-9-17-14-20(7-8-21(17)27)25-22(28)13-16-11-18-5-6-19(12-16)24-18;/h7-10,14,16,18-19,24H,3-6,11-13,15H2,1-2H3,(H,25,28);1H. The molecule has 2 atom stereocenters. The molecule has 2 bridgehead atoms. The third-order valence-electron chi connectivity index (χ3n) is 6.52. The van der Waals surface area contributed by atoms with Crippen LogP contribution in [0.2, 0.25) is 0 Å². The highest BCUT2D eigenvalue weighted by Crippen LogP contribution is 2.33. The summed E-state index contributed by atoms with van der Waals surface area (Å²) < 4.78 is 1.98. The number of rotatable bonds is 7. The van der Waals surface area contributed by atoms with Crippen LogP contribution in [0.15, 0.2) is 30.5 Å². The van der Waals surface area contributed by atoms with Crippen molar-refractivity contribution in [2.45, 2.75) is 64.6 Å². The number of hydrogen-bond acceptors (Lipinski definition) is 3. The van der Waals surface area contributed by atoms with Crippen LogP contribution in [-0.4, -0.2) is 46.5 Å². The van der Waals surface area contributed by atoms with Crippen molar-refractivity contribution in [3.63, 3.8) is 0 Å². The molecule has 0 spiro atoms. The van der Waals surface area contributed by atoms with Gasteiger partial charge < -0.3 is 20.1 Å². The van der Waals surface area contributed by atoms with Gasteiger partial charge in [-0.2, -0.15) is 0 Å². The van der Waals surface area contributed by atoms with Gasteiger partial charge in [-0.15, -0.1) is 12.4 Å². The number of piperidine rings is 1. The maximum Gasteiger partial charge on any atom is 0.242 e. The molecular formula is C23H33ClN4O2. The van der Waals surface area contributed by atoms with Gasteiger partial charge in [0, 0.05) is 54.4 Å². The molecule has 0 radical (unpaired) electrons. The predicted octanol–water partition coefficient (Wildman–Crippen LogP) is 3.79. The molecule has 1 aromatic heterocycles. The first-order valence-corrected chi connectivity index (χ1v) is 11.0. The van der Waals surface area contributed by atoms with Gasteiger partial charge in [0.2, 0.25) is 11.8 Å². The largest absolute Gasteiger partial charge is 0.342 e. The third-order valence-corrected chi connectivity index (χ3v) is 6.52. The molecule has 2 aliphatic rings. The van der Waals surface area contributed by atoms with Crippen molar-refractivity contribution in [2.24, 2.45) is 5.92 Å². The molecule has 2 saturated heterocycles. The summed E-state index contributed by atoms with van der Waals surface area (Å²) in [5.74, 6) is 0.720. The van der Waals surface area contributed by atoms with Gasteiger partial charge in [-0.1, -0.05) is 0 Å². The minimum atomic E-state index is 0. The van der Waals surface area contributed by atoms with Crippen molar-refractivity contribution >= 4 is 40.8 Å². The normalized spacial score (nSPS) is 22.5. The first-order valence-electron chi connectivity index (χ1n) is 11.0. The van der Waals surface area contributed by atoms with Crippen molar-refractivity contribution in [3.05, 3.63) is 30.5 Å². The van der Waals surface area contributed by atoms with Gasteiger partial charge in [0.05, 0.1) is 0 Å². The lowest BCUT2D eigenvalue weighted by Crippen LogP contribution is -2.39. The lowest BCUT2D eigenvalue weighted by molar-refractivity contribution is -0.131. The third kappa shape index (κ3) is 4.98. The lowest BCUT2D eigenvalue weighted by Gasteiger charge is -2.28. The van der Waals surface area contributed by atoms with E-state index in [2.05, 4.69) is 10.6 Å². The Morgan fingerprint density at radius 1 is 1.13 bits per heavy atom. The zero-order valence-corrected chi connectivity index (χ0v) is 18.7. The number of halogens is 1. The minimum Gasteiger partial charge on any atom is -0.342 e. The Kier molecular flexibility index (Phi) is 7.42. The first kappa shape index (κ1) is 22.6. The van der Waals surface area contributed by atoms with Crippen LogP contribution >= 0.6 is 12.4 Å². The van der Waals surface area contributed by atoms with Gasteiger partial charge in [0.1, 0.15) is 6.54 Å². The highest BCUT2D eigenvalue weighted by molar-refractivity contribution is 5.94. The van der Waals surface area contributed by atoms with Crippen LogP contribution in [-0.2, 0) is 16.1 Å². The molecule has 2 aromatic rings. The number of carbonyl (C=O) groups excluding carboxylic acids is 2. The van der Waals surface area contributed by atoms with Gasteiger partial charge in [0.15, 0.2) is 0 Å². The Morgan fingerprint density at radius 2 is 1.83 bits per heavy atom. The fourth-order valence-electron chi connectivity index (χ4n) is 5.05. The van der Waals surface area contributed by atoms with Crippen molar-refractivity contribution in [2.75, 3.05) is 18.4 Å². The van der Waals surface area contributed by atoms with Gasteiger partial charge in [-0.3, -0.25) is 9.59 Å². The summed E-state index contributed by atoms with van der Waals surface area (Å²) in [4.78, 5) is 26.8. The van der Waals surface area contributed by atoms with E-state index in [1.165, 1.54) is 12.8 Å². The second kappa shape index (κ2) is 9.84. The molecule has 2 amide bonds. The zero-order chi connectivity index (χ0) is 20.4. The number of anilines is 1. The van der Waals surface area contributed by atoms with Crippen molar-refractivity contribution in [3.8, 4) is 0 Å². The summed E-state index contributed by atoms with van der Waals surface area (Å²) >= 11 is 0. The van der Waals surface area contributed by atoms with Crippen LogP contribution in [0.1, 0.15) is 46.0 Å². The molecule has 0 saturated carbocycles. The molecule has 3 heterocycles. The smallest absolute Gasteiger partial charge is 0.242 e. The summed E-state index contributed by atoms with van der Waals surface area (Å²) in [5.41, 5.74) is 1.84. The Labute approximate surface area is 184 Å². The molecule has 2 N–H and O–H groups in total. The minimum absolute atomic E-state index is 0. The molecule has 2 aliphatic heterocycles. The fraction of sp³-hybridized carbons (Fsp3) is 0.565. The highest BCUT2D eigenvalue weighted by atomic mass is 35.5. The van der Waals surface area contributed by atoms with E-state index in [9.17, 15) is 9.59 Å². The summed E-state index contributed by atoms with van der Waals surface area (Å²) in [7, 11) is 0. The number of nitrogens with zero attached hydrogens (tertiary/aromatic N) is 2. The molecule has 7 heteroatoms. The number of nitrogens with one attached hydrogen (secondary N) is 2. The number of carbonyl (C=O) groups is 2. The Balaban J connectivity index is 0.00000256. The van der Waals surface area contributed by atoms with Crippen LogP contribution in [0.25, 0.3) is 10.9 Å². The van der Waals surface area contributed by atoms with Gasteiger partial charge in [-0.25, -0.2) is 0 Å². The first-order chi connectivity index (χ1) is 14.1. The van der Waals surface area contributed by atoms with E-state index in [0.717, 1.165) is 42.5 Å². The van der Waals surface area contributed by atoms with E-state index < -0.39 is 0 Å². The second-order valence-electron chi connectivity index (χ2n) is 8.51. The highest BCUT2D eigenvalue weighted by Gasteiger charge is 2.34. The molecule has 1 aromatic carbocycles. The molecular weight excluding hydrogens is 400 g/mol. The predicted molar refractivity (Wildman–Crippen MR) is 123 cm³/mol. The maximum absolute atomic E-state index is 12.6. The van der Waals surface area contributed by atoms with Gasteiger partial charge in [0.25, 0.3) is 0 Å². The maximum atomic E-state index is 12.6. The monoisotopic (exact) mass is 432 g/mol. The topological polar surface area (TPSA) is 66.4 Å². The molecule has 164 valence electrons. The van der Waals surface area contributed by atoms with E-state index in [1.807, 2.05) is 53.8 Å². The van der Waals surface area contributed by atoms with Gasteiger partial charge >= 0.3 is 0 Å². The summed E-state index contributed by atoms with van der Waals surface area (Å²) in [6.07, 6.45) is 7.30. The van der Waals surface area contributed by atoms with Crippen LogP contribution in [0, 0.1) is 5.92 Å². The number of amides is 2. The van der Waals surface area contributed by atoms with Crippen LogP contribution in [0.4, 0.5) is 5.69 Å². The second-order valence-corrected chi connectivity index (χ2v) is 8.51. The summed E-state index contributed by atoms with van der Waals surface area (Å²) in [6.45, 7) is 5.79. The number of benzene rings is 1. The Hall–Kier alpha value is -2.05. The molecule has 30 heavy (non-hydrogen) atoms. The Morgan fingerprint density at radius 3 is 2.50 bits per heavy atom. The van der Waals surface area contributed by atoms with Crippen molar-refractivity contribution in [1.82, 2.24) is 14.8 Å². The van der Waals surface area contributed by atoms with E-state index >= 15 is 0 Å². The summed E-state index contributed by atoms with van der Waals surface area (Å²) in [6, 6.07) is 9.15. The molecule has 2 unspecified atom stereocenters. The molecule has 4 rings (SSSR count). The number of fused-ring (bicyclic) bond motifs is 3. The van der Waals surface area contributed by atoms with E-state index in [1.54, 1.807) is 0 Å². The fourth-order valence-corrected chi connectivity index (χ4v) is 5.05. The quantitative estimate of drug-likeness (QED) is 0.699. The zero-order valence-electron chi connectivity index (χ0n) is 17.9. The van der Waals surface area contributed by atoms with Gasteiger partial charge in [-0.05, 0) is 69.7 Å². The van der Waals surface area contributed by atoms with Crippen LogP contribution < -0.4 is 10.6 Å². The Bertz CT molecular complexity index is 880. The number of likely N-dealkylation sites (N-methyl/N-ethyl adjacent to an activating group) is 1. The SMILES string of the molecule is CCN(CC)C(=O)Cn1ccc2cc(NC(=O)CC3CC4CCC(C3)N4)ccc21.Cl. The average molecular weight is 433 g/mol. The van der Waals surface area contributed by atoms with Crippen LogP contribution in [0.5, 0.6) is 0 Å². The molecule has 6 nitrogen and oxygen atoms in total. The van der Waals surface area contributed by atoms with Crippen molar-refractivity contribution in [1.29, 1.82) is 0 Å². The van der Waals surface area contributed by atoms with Crippen LogP contribution in [0.3, 0.4) is 0 Å². The van der Waals surface area contributed by atoms with E-state index in [-0.39, 0.29) is 24.2 Å². The van der Waals surface area contributed by atoms with Crippen molar-refractivity contribution < 1.29 is 9.59 Å². The lowest BCUT2D eigenvalue weighted by atomic mass is 9.89. The van der Waals surface area contributed by atoms with E-state index in [4.69, 9.17) is 0 Å². The number of aromatic nitrogens is 1.